The molecule has 0 fully saturated rings. The molecule has 0 heterocycles. The van der Waals surface area contributed by atoms with Crippen molar-refractivity contribution in [2.75, 3.05) is 11.3 Å². The molecule has 0 saturated heterocycles. The molecule has 32 heavy (non-hydrogen) atoms. The van der Waals surface area contributed by atoms with Gasteiger partial charge in [0.15, 0.2) is 0 Å². The van der Waals surface area contributed by atoms with Gasteiger partial charge in [-0.1, -0.05) is 29.8 Å². The summed E-state index contributed by atoms with van der Waals surface area (Å²) in [7, 11) is -4.13. The summed E-state index contributed by atoms with van der Waals surface area (Å²) < 4.78 is 65.6. The molecule has 0 unspecified atom stereocenters. The van der Waals surface area contributed by atoms with Crippen molar-refractivity contribution < 1.29 is 26.4 Å². The van der Waals surface area contributed by atoms with Crippen molar-refractivity contribution >= 4 is 33.2 Å². The van der Waals surface area contributed by atoms with E-state index in [9.17, 15) is 26.4 Å². The van der Waals surface area contributed by atoms with Crippen molar-refractivity contribution in [2.45, 2.75) is 17.5 Å². The summed E-state index contributed by atoms with van der Waals surface area (Å²) in [6.45, 7) is 0.373. The highest BCUT2D eigenvalue weighted by atomic mass is 35.5. The second kappa shape index (κ2) is 9.62. The van der Waals surface area contributed by atoms with Gasteiger partial charge >= 0.3 is 6.18 Å². The maximum absolute atomic E-state index is 12.8. The molecule has 10 heteroatoms. The zero-order valence-corrected chi connectivity index (χ0v) is 18.1. The molecule has 2 N–H and O–H groups in total. The van der Waals surface area contributed by atoms with Crippen molar-refractivity contribution in [3.05, 3.63) is 94.5 Å². The Labute approximate surface area is 188 Å². The van der Waals surface area contributed by atoms with E-state index in [0.717, 1.165) is 17.7 Å². The molecule has 1 amide bonds. The number of carbonyl (C=O) groups excluding carboxylic acids is 1. The van der Waals surface area contributed by atoms with Crippen LogP contribution in [0.15, 0.2) is 77.7 Å². The van der Waals surface area contributed by atoms with Gasteiger partial charge in [0.2, 0.25) is 0 Å². The van der Waals surface area contributed by atoms with Gasteiger partial charge < -0.3 is 5.32 Å². The first-order chi connectivity index (χ1) is 15.0. The van der Waals surface area contributed by atoms with Crippen LogP contribution in [0.1, 0.15) is 21.5 Å². The zero-order valence-electron chi connectivity index (χ0n) is 16.5. The third kappa shape index (κ3) is 6.24. The van der Waals surface area contributed by atoms with E-state index >= 15 is 0 Å². The van der Waals surface area contributed by atoms with Crippen LogP contribution >= 0.6 is 11.6 Å². The molecule has 0 aliphatic carbocycles. The number of amides is 1. The van der Waals surface area contributed by atoms with Crippen molar-refractivity contribution in [3.8, 4) is 0 Å². The van der Waals surface area contributed by atoms with Crippen LogP contribution in [0.5, 0.6) is 0 Å². The minimum atomic E-state index is -4.59. The van der Waals surface area contributed by atoms with Gasteiger partial charge in [0.1, 0.15) is 0 Å². The molecule has 3 aromatic carbocycles. The Balaban J connectivity index is 1.62. The first-order valence-corrected chi connectivity index (χ1v) is 11.2. The second-order valence-corrected chi connectivity index (χ2v) is 8.96. The summed E-state index contributed by atoms with van der Waals surface area (Å²) in [4.78, 5) is 12.1. The molecule has 0 atom stereocenters. The average Bonchev–Trinajstić information content (AvgIpc) is 2.74. The first kappa shape index (κ1) is 23.6. The van der Waals surface area contributed by atoms with Crippen molar-refractivity contribution in [1.82, 2.24) is 5.32 Å². The predicted octanol–water partition coefficient (Wildman–Crippen LogP) is 5.13. The van der Waals surface area contributed by atoms with E-state index in [4.69, 9.17) is 11.6 Å². The third-order valence-corrected chi connectivity index (χ3v) is 6.13. The van der Waals surface area contributed by atoms with Gasteiger partial charge in [-0.15, -0.1) is 0 Å². The normalized spacial score (nSPS) is 11.8. The fraction of sp³-hybridized carbons (Fsp3) is 0.136. The maximum atomic E-state index is 12.8. The lowest BCUT2D eigenvalue weighted by Crippen LogP contribution is -2.25. The van der Waals surface area contributed by atoms with Crippen LogP contribution < -0.4 is 10.0 Å². The number of rotatable bonds is 7. The summed E-state index contributed by atoms with van der Waals surface area (Å²) in [6.07, 6.45) is -4.00. The van der Waals surface area contributed by atoms with E-state index in [-0.39, 0.29) is 22.1 Å². The number of nitrogens with one attached hydrogen (secondary N) is 2. The van der Waals surface area contributed by atoms with Gasteiger partial charge in [0.25, 0.3) is 15.9 Å². The van der Waals surface area contributed by atoms with E-state index in [2.05, 4.69) is 10.0 Å². The molecule has 0 radical (unpaired) electrons. The molecule has 3 rings (SSSR count). The van der Waals surface area contributed by atoms with Gasteiger partial charge in [0.05, 0.1) is 10.5 Å². The quantitative estimate of drug-likeness (QED) is 0.490. The van der Waals surface area contributed by atoms with Crippen LogP contribution in [0.4, 0.5) is 18.9 Å². The Morgan fingerprint density at radius 3 is 2.22 bits per heavy atom. The maximum Gasteiger partial charge on any atom is 0.416 e. The number of halogens is 4. The monoisotopic (exact) mass is 482 g/mol. The molecule has 0 spiro atoms. The number of hydrogen-bond donors (Lipinski definition) is 2. The second-order valence-electron chi connectivity index (χ2n) is 6.84. The van der Waals surface area contributed by atoms with E-state index in [1.807, 2.05) is 12.1 Å². The van der Waals surface area contributed by atoms with E-state index < -0.39 is 21.8 Å². The predicted molar refractivity (Wildman–Crippen MR) is 116 cm³/mol. The van der Waals surface area contributed by atoms with Crippen LogP contribution in [-0.4, -0.2) is 20.9 Å². The first-order valence-electron chi connectivity index (χ1n) is 9.37. The van der Waals surface area contributed by atoms with Crippen LogP contribution in [-0.2, 0) is 22.6 Å². The molecular weight excluding hydrogens is 465 g/mol. The molecule has 3 aromatic rings. The Bertz CT molecular complexity index is 1200. The number of alkyl halides is 3. The molecule has 168 valence electrons. The average molecular weight is 483 g/mol. The Morgan fingerprint density at radius 1 is 0.938 bits per heavy atom. The van der Waals surface area contributed by atoms with Crippen molar-refractivity contribution in [3.63, 3.8) is 0 Å². The fourth-order valence-electron chi connectivity index (χ4n) is 2.83. The van der Waals surface area contributed by atoms with Crippen LogP contribution in [0.2, 0.25) is 5.02 Å². The Kier molecular flexibility index (Phi) is 7.10. The lowest BCUT2D eigenvalue weighted by Gasteiger charge is -2.12. The third-order valence-electron chi connectivity index (χ3n) is 4.48. The minimum Gasteiger partial charge on any atom is -0.352 e. The molecular formula is C22H18ClF3N2O3S. The Morgan fingerprint density at radius 2 is 1.59 bits per heavy atom. The molecule has 0 bridgehead atoms. The van der Waals surface area contributed by atoms with Crippen LogP contribution in [0.25, 0.3) is 0 Å². The molecule has 5 nitrogen and oxygen atoms in total. The number of anilines is 1. The van der Waals surface area contributed by atoms with Gasteiger partial charge in [-0.2, -0.15) is 13.2 Å². The lowest BCUT2D eigenvalue weighted by molar-refractivity contribution is -0.137. The van der Waals surface area contributed by atoms with E-state index in [1.165, 1.54) is 30.3 Å². The fourth-order valence-corrected chi connectivity index (χ4v) is 4.01. The standard InChI is InChI=1S/C22H18ClF3N2O3S/c23-18-8-4-15(5-9-18)12-13-27-21(29)16-6-10-20(11-7-16)32(30,31)28-19-3-1-2-17(14-19)22(24,25)26/h1-11,14,28H,12-13H2,(H,27,29). The summed E-state index contributed by atoms with van der Waals surface area (Å²) in [6, 6.07) is 16.2. The minimum absolute atomic E-state index is 0.187. The summed E-state index contributed by atoms with van der Waals surface area (Å²) >= 11 is 5.83. The van der Waals surface area contributed by atoms with Crippen molar-refractivity contribution in [2.24, 2.45) is 0 Å². The highest BCUT2D eigenvalue weighted by Gasteiger charge is 2.30. The SMILES string of the molecule is O=C(NCCc1ccc(Cl)cc1)c1ccc(S(=O)(=O)Nc2cccc(C(F)(F)F)c2)cc1. The summed E-state index contributed by atoms with van der Waals surface area (Å²) in [5.41, 5.74) is 0.0584. The summed E-state index contributed by atoms with van der Waals surface area (Å²) in [5, 5.41) is 3.36. The number of carbonyl (C=O) groups is 1. The highest BCUT2D eigenvalue weighted by Crippen LogP contribution is 2.31. The smallest absolute Gasteiger partial charge is 0.352 e. The van der Waals surface area contributed by atoms with Crippen LogP contribution in [0, 0.1) is 0 Å². The molecule has 0 aliphatic heterocycles. The van der Waals surface area contributed by atoms with Gasteiger partial charge in [-0.05, 0) is 66.6 Å². The number of sulfonamides is 1. The largest absolute Gasteiger partial charge is 0.416 e. The van der Waals surface area contributed by atoms with Crippen LogP contribution in [0.3, 0.4) is 0 Å². The van der Waals surface area contributed by atoms with Gasteiger partial charge in [0, 0.05) is 22.8 Å². The molecule has 0 aliphatic rings. The molecule has 0 aromatic heterocycles. The van der Waals surface area contributed by atoms with E-state index in [0.29, 0.717) is 24.1 Å². The van der Waals surface area contributed by atoms with E-state index in [1.54, 1.807) is 12.1 Å². The molecule has 0 saturated carbocycles. The zero-order chi connectivity index (χ0) is 23.4. The van der Waals surface area contributed by atoms with Gasteiger partial charge in [-0.3, -0.25) is 9.52 Å². The van der Waals surface area contributed by atoms with Crippen molar-refractivity contribution in [1.29, 1.82) is 0 Å². The van der Waals surface area contributed by atoms with Gasteiger partial charge in [-0.25, -0.2) is 8.42 Å². The Hall–Kier alpha value is -3.04. The number of hydrogen-bond acceptors (Lipinski definition) is 3. The number of benzene rings is 3. The summed E-state index contributed by atoms with van der Waals surface area (Å²) in [5.74, 6) is -0.381. The highest BCUT2D eigenvalue weighted by molar-refractivity contribution is 7.92. The lowest BCUT2D eigenvalue weighted by atomic mass is 10.1. The topological polar surface area (TPSA) is 75.3 Å².